The van der Waals surface area contributed by atoms with Gasteiger partial charge in [0.2, 0.25) is 0 Å². The van der Waals surface area contributed by atoms with Gasteiger partial charge in [0.1, 0.15) is 5.75 Å². The van der Waals surface area contributed by atoms with Crippen LogP contribution in [0.3, 0.4) is 0 Å². The minimum Gasteiger partial charge on any atom is -0.497 e. The number of carbonyl (C=O) groups is 1. The maximum atomic E-state index is 12.9. The van der Waals surface area contributed by atoms with Gasteiger partial charge < -0.3 is 14.5 Å². The number of carbonyl (C=O) groups excluding carboxylic acids is 1. The quantitative estimate of drug-likeness (QED) is 0.859. The maximum absolute atomic E-state index is 12.9. The Morgan fingerprint density at radius 1 is 1.32 bits per heavy atom. The number of nitrogens with zero attached hydrogens (tertiary/aromatic N) is 3. The highest BCUT2D eigenvalue weighted by atomic mass is 16.5. The minimum atomic E-state index is 0.0730. The maximum Gasteiger partial charge on any atom is 0.254 e. The number of rotatable bonds is 4. The van der Waals surface area contributed by atoms with Crippen molar-refractivity contribution in [3.05, 3.63) is 58.4 Å². The third-order valence-corrected chi connectivity index (χ3v) is 4.67. The lowest BCUT2D eigenvalue weighted by atomic mass is 9.96. The van der Waals surface area contributed by atoms with Crippen molar-refractivity contribution in [2.24, 2.45) is 0 Å². The van der Waals surface area contributed by atoms with Crippen LogP contribution in [-0.4, -0.2) is 48.4 Å². The molecule has 132 valence electrons. The Morgan fingerprint density at radius 2 is 2.12 bits per heavy atom. The van der Waals surface area contributed by atoms with Gasteiger partial charge in [0, 0.05) is 37.6 Å². The van der Waals surface area contributed by atoms with Gasteiger partial charge in [-0.15, -0.1) is 0 Å². The molecule has 0 spiro atoms. The monoisotopic (exact) mass is 339 g/mol. The summed E-state index contributed by atoms with van der Waals surface area (Å²) in [7, 11) is 5.76. The highest BCUT2D eigenvalue weighted by Crippen LogP contribution is 2.25. The van der Waals surface area contributed by atoms with Gasteiger partial charge in [-0.05, 0) is 67.9 Å². The Hall–Kier alpha value is -2.40. The summed E-state index contributed by atoms with van der Waals surface area (Å²) >= 11 is 0. The van der Waals surface area contributed by atoms with E-state index in [0.717, 1.165) is 42.0 Å². The second-order valence-electron chi connectivity index (χ2n) is 6.83. The molecule has 0 fully saturated rings. The second-order valence-corrected chi connectivity index (χ2v) is 6.83. The molecule has 1 aliphatic rings. The third kappa shape index (κ3) is 3.66. The van der Waals surface area contributed by atoms with Crippen molar-refractivity contribution in [1.29, 1.82) is 0 Å². The topological polar surface area (TPSA) is 45.7 Å². The first kappa shape index (κ1) is 17.4. The number of aromatic nitrogens is 1. The van der Waals surface area contributed by atoms with E-state index in [4.69, 9.17) is 4.74 Å². The van der Waals surface area contributed by atoms with Crippen molar-refractivity contribution >= 4 is 5.91 Å². The van der Waals surface area contributed by atoms with E-state index >= 15 is 0 Å². The summed E-state index contributed by atoms with van der Waals surface area (Å²) in [4.78, 5) is 21.4. The zero-order valence-corrected chi connectivity index (χ0v) is 15.4. The lowest BCUT2D eigenvalue weighted by Gasteiger charge is -2.30. The van der Waals surface area contributed by atoms with Crippen LogP contribution in [0.15, 0.2) is 30.6 Å². The second kappa shape index (κ2) is 7.23. The van der Waals surface area contributed by atoms with E-state index in [1.807, 2.05) is 42.4 Å². The lowest BCUT2D eigenvalue weighted by molar-refractivity contribution is 0.0733. The highest BCUT2D eigenvalue weighted by Gasteiger charge is 2.24. The van der Waals surface area contributed by atoms with Gasteiger partial charge in [0.15, 0.2) is 0 Å². The van der Waals surface area contributed by atoms with Gasteiger partial charge in [-0.1, -0.05) is 0 Å². The Kier molecular flexibility index (Phi) is 5.04. The van der Waals surface area contributed by atoms with E-state index in [-0.39, 0.29) is 5.91 Å². The molecule has 5 nitrogen and oxygen atoms in total. The first-order valence-corrected chi connectivity index (χ1v) is 8.53. The van der Waals surface area contributed by atoms with Crippen LogP contribution in [0.2, 0.25) is 0 Å². The van der Waals surface area contributed by atoms with Gasteiger partial charge in [-0.3, -0.25) is 9.78 Å². The van der Waals surface area contributed by atoms with Gasteiger partial charge in [-0.25, -0.2) is 0 Å². The molecule has 5 heteroatoms. The van der Waals surface area contributed by atoms with E-state index < -0.39 is 0 Å². The zero-order valence-electron chi connectivity index (χ0n) is 15.4. The van der Waals surface area contributed by atoms with Crippen LogP contribution in [0.5, 0.6) is 5.75 Å². The van der Waals surface area contributed by atoms with Crippen molar-refractivity contribution in [2.45, 2.75) is 26.4 Å². The number of fused-ring (bicyclic) bond motifs is 1. The number of ether oxygens (including phenoxy) is 1. The first-order chi connectivity index (χ1) is 12.0. The normalized spacial score (nSPS) is 13.7. The molecule has 0 unspecified atom stereocenters. The summed E-state index contributed by atoms with van der Waals surface area (Å²) in [6.45, 7) is 4.18. The van der Waals surface area contributed by atoms with Crippen molar-refractivity contribution in [3.8, 4) is 5.75 Å². The Bertz CT molecular complexity index is 787. The number of aryl methyl sites for hydroxylation is 1. The Balaban J connectivity index is 1.82. The minimum absolute atomic E-state index is 0.0730. The SMILES string of the molecule is COc1ccc(C(=O)N2CCc3c(CN(C)C)cncc3C2)c(C)c1. The number of methoxy groups -OCH3 is 1. The first-order valence-electron chi connectivity index (χ1n) is 8.53. The van der Waals surface area contributed by atoms with Crippen LogP contribution in [-0.2, 0) is 19.5 Å². The summed E-state index contributed by atoms with van der Waals surface area (Å²) in [6.07, 6.45) is 4.72. The van der Waals surface area contributed by atoms with Gasteiger partial charge in [0.25, 0.3) is 5.91 Å². The van der Waals surface area contributed by atoms with Crippen LogP contribution in [0.4, 0.5) is 0 Å². The molecule has 1 amide bonds. The zero-order chi connectivity index (χ0) is 18.0. The number of hydrogen-bond acceptors (Lipinski definition) is 4. The molecular weight excluding hydrogens is 314 g/mol. The van der Waals surface area contributed by atoms with Crippen molar-refractivity contribution in [2.75, 3.05) is 27.7 Å². The molecule has 0 N–H and O–H groups in total. The third-order valence-electron chi connectivity index (χ3n) is 4.67. The molecule has 0 aliphatic carbocycles. The fourth-order valence-corrected chi connectivity index (χ4v) is 3.39. The molecule has 3 rings (SSSR count). The molecule has 1 aromatic carbocycles. The molecule has 1 aromatic heterocycles. The van der Waals surface area contributed by atoms with E-state index in [9.17, 15) is 4.79 Å². The molecule has 2 heterocycles. The highest BCUT2D eigenvalue weighted by molar-refractivity contribution is 5.96. The summed E-state index contributed by atoms with van der Waals surface area (Å²) in [5.74, 6) is 0.847. The fourth-order valence-electron chi connectivity index (χ4n) is 3.39. The fraction of sp³-hybridized carbons (Fsp3) is 0.400. The lowest BCUT2D eigenvalue weighted by Crippen LogP contribution is -2.37. The molecule has 0 saturated carbocycles. The largest absolute Gasteiger partial charge is 0.497 e. The summed E-state index contributed by atoms with van der Waals surface area (Å²) < 4.78 is 5.23. The molecular formula is C20H25N3O2. The van der Waals surface area contributed by atoms with Crippen molar-refractivity contribution in [1.82, 2.24) is 14.8 Å². The summed E-state index contributed by atoms with van der Waals surface area (Å²) in [5, 5.41) is 0. The van der Waals surface area contributed by atoms with Crippen LogP contribution in [0.1, 0.15) is 32.6 Å². The van der Waals surface area contributed by atoms with E-state index in [0.29, 0.717) is 6.54 Å². The van der Waals surface area contributed by atoms with Crippen LogP contribution in [0, 0.1) is 6.92 Å². The standard InChI is InChI=1S/C20H25N3O2/c1-14-9-17(25-4)5-6-18(14)20(24)23-8-7-19-15(12-22(2)3)10-21-11-16(19)13-23/h5-6,9-11H,7-8,12-13H2,1-4H3. The average Bonchev–Trinajstić information content (AvgIpc) is 2.60. The van der Waals surface area contributed by atoms with Crippen molar-refractivity contribution < 1.29 is 9.53 Å². The van der Waals surface area contributed by atoms with Crippen LogP contribution >= 0.6 is 0 Å². The molecule has 0 bridgehead atoms. The molecule has 25 heavy (non-hydrogen) atoms. The summed E-state index contributed by atoms with van der Waals surface area (Å²) in [6, 6.07) is 5.60. The van der Waals surface area contributed by atoms with E-state index in [1.54, 1.807) is 7.11 Å². The number of benzene rings is 1. The molecule has 0 radical (unpaired) electrons. The van der Waals surface area contributed by atoms with Crippen molar-refractivity contribution in [3.63, 3.8) is 0 Å². The van der Waals surface area contributed by atoms with Gasteiger partial charge >= 0.3 is 0 Å². The Morgan fingerprint density at radius 3 is 2.80 bits per heavy atom. The molecule has 1 aliphatic heterocycles. The smallest absolute Gasteiger partial charge is 0.254 e. The average molecular weight is 339 g/mol. The predicted molar refractivity (Wildman–Crippen MR) is 97.8 cm³/mol. The van der Waals surface area contributed by atoms with E-state index in [1.165, 1.54) is 11.1 Å². The van der Waals surface area contributed by atoms with Gasteiger partial charge in [-0.2, -0.15) is 0 Å². The van der Waals surface area contributed by atoms with E-state index in [2.05, 4.69) is 24.0 Å². The molecule has 2 aromatic rings. The Labute approximate surface area is 149 Å². The van der Waals surface area contributed by atoms with Crippen LogP contribution < -0.4 is 4.74 Å². The van der Waals surface area contributed by atoms with Gasteiger partial charge in [0.05, 0.1) is 7.11 Å². The number of pyridine rings is 1. The predicted octanol–water partition coefficient (Wildman–Crippen LogP) is 2.66. The number of amides is 1. The molecule has 0 atom stereocenters. The summed E-state index contributed by atoms with van der Waals surface area (Å²) in [5.41, 5.74) is 5.44. The van der Waals surface area contributed by atoms with Crippen LogP contribution in [0.25, 0.3) is 0 Å². The molecule has 0 saturated heterocycles. The number of hydrogen-bond donors (Lipinski definition) is 0.